The predicted octanol–water partition coefficient (Wildman–Crippen LogP) is 3.79. The van der Waals surface area contributed by atoms with Gasteiger partial charge in [-0.3, -0.25) is 0 Å². The summed E-state index contributed by atoms with van der Waals surface area (Å²) in [6, 6.07) is 13.4. The predicted molar refractivity (Wildman–Crippen MR) is 74.7 cm³/mol. The molecule has 2 aromatic rings. The van der Waals surface area contributed by atoms with Gasteiger partial charge in [0, 0.05) is 3.57 Å². The Kier molecular flexibility index (Phi) is 4.30. The minimum Gasteiger partial charge on any atom is -0.457 e. The van der Waals surface area contributed by atoms with E-state index in [1.165, 1.54) is 18.2 Å². The largest absolute Gasteiger partial charge is 0.457 e. The van der Waals surface area contributed by atoms with Gasteiger partial charge in [0.15, 0.2) is 0 Å². The van der Waals surface area contributed by atoms with Crippen molar-refractivity contribution in [2.24, 2.45) is 0 Å². The number of rotatable bonds is 3. The van der Waals surface area contributed by atoms with Crippen LogP contribution in [0.4, 0.5) is 4.39 Å². The van der Waals surface area contributed by atoms with Crippen LogP contribution in [-0.2, 0) is 11.3 Å². The van der Waals surface area contributed by atoms with Gasteiger partial charge in [0.05, 0.1) is 5.56 Å². The van der Waals surface area contributed by atoms with Crippen LogP contribution < -0.4 is 0 Å². The molecule has 2 nitrogen and oxygen atoms in total. The summed E-state index contributed by atoms with van der Waals surface area (Å²) in [6.07, 6.45) is 0. The van der Waals surface area contributed by atoms with E-state index in [-0.39, 0.29) is 12.2 Å². The average molecular weight is 356 g/mol. The van der Waals surface area contributed by atoms with Crippen molar-refractivity contribution in [3.05, 3.63) is 69.0 Å². The number of halogens is 2. The second-order valence-electron chi connectivity index (χ2n) is 3.68. The van der Waals surface area contributed by atoms with Crippen molar-refractivity contribution >= 4 is 28.6 Å². The maximum atomic E-state index is 13.3. The molecule has 18 heavy (non-hydrogen) atoms. The average Bonchev–Trinajstić information content (AvgIpc) is 2.38. The first kappa shape index (κ1) is 13.0. The summed E-state index contributed by atoms with van der Waals surface area (Å²) < 4.78 is 19.5. The maximum Gasteiger partial charge on any atom is 0.341 e. The maximum absolute atomic E-state index is 13.3. The lowest BCUT2D eigenvalue weighted by Gasteiger charge is -2.05. The summed E-state index contributed by atoms with van der Waals surface area (Å²) in [5, 5.41) is 0. The molecule has 0 aromatic heterocycles. The Labute approximate surface area is 118 Å². The zero-order valence-corrected chi connectivity index (χ0v) is 11.6. The molecule has 0 saturated carbocycles. The first-order valence-electron chi connectivity index (χ1n) is 5.33. The minimum atomic E-state index is -0.647. The number of carbonyl (C=O) groups excluding carboxylic acids is 1. The van der Waals surface area contributed by atoms with Crippen LogP contribution in [0.15, 0.2) is 48.5 Å². The summed E-state index contributed by atoms with van der Waals surface area (Å²) >= 11 is 2.19. The number of carbonyl (C=O) groups is 1. The Bertz CT molecular complexity index is 552. The Morgan fingerprint density at radius 1 is 1.11 bits per heavy atom. The standard InChI is InChI=1S/C14H10FIO2/c15-13-4-2-1-3-12(13)14(17)18-9-10-5-7-11(16)8-6-10/h1-8H,9H2. The minimum absolute atomic E-state index is 0.0389. The first-order chi connectivity index (χ1) is 8.66. The molecular formula is C14H10FIO2. The third-order valence-electron chi connectivity index (χ3n) is 2.38. The number of ether oxygens (including phenoxy) is 1. The molecule has 0 spiro atoms. The molecule has 0 radical (unpaired) electrons. The molecule has 0 bridgehead atoms. The number of hydrogen-bond acceptors (Lipinski definition) is 2. The van der Waals surface area contributed by atoms with Crippen molar-refractivity contribution in [3.8, 4) is 0 Å². The van der Waals surface area contributed by atoms with E-state index in [1.54, 1.807) is 6.07 Å². The monoisotopic (exact) mass is 356 g/mol. The van der Waals surface area contributed by atoms with Gasteiger partial charge in [-0.25, -0.2) is 9.18 Å². The van der Waals surface area contributed by atoms with E-state index in [0.717, 1.165) is 9.13 Å². The van der Waals surface area contributed by atoms with Gasteiger partial charge >= 0.3 is 5.97 Å². The van der Waals surface area contributed by atoms with Gasteiger partial charge in [-0.05, 0) is 52.4 Å². The Balaban J connectivity index is 2.01. The molecule has 0 aliphatic rings. The van der Waals surface area contributed by atoms with Gasteiger partial charge in [0.25, 0.3) is 0 Å². The van der Waals surface area contributed by atoms with Crippen molar-refractivity contribution in [3.63, 3.8) is 0 Å². The van der Waals surface area contributed by atoms with Crippen molar-refractivity contribution in [1.29, 1.82) is 0 Å². The second-order valence-corrected chi connectivity index (χ2v) is 4.93. The zero-order chi connectivity index (χ0) is 13.0. The SMILES string of the molecule is O=C(OCc1ccc(I)cc1)c1ccccc1F. The molecule has 0 fully saturated rings. The van der Waals surface area contributed by atoms with Gasteiger partial charge in [-0.15, -0.1) is 0 Å². The van der Waals surface area contributed by atoms with E-state index in [0.29, 0.717) is 0 Å². The van der Waals surface area contributed by atoms with E-state index in [4.69, 9.17) is 4.74 Å². The van der Waals surface area contributed by atoms with Crippen LogP contribution in [0.3, 0.4) is 0 Å². The van der Waals surface area contributed by atoms with Crippen LogP contribution >= 0.6 is 22.6 Å². The molecule has 2 aromatic carbocycles. The molecule has 92 valence electrons. The summed E-state index contributed by atoms with van der Waals surface area (Å²) in [7, 11) is 0. The van der Waals surface area contributed by atoms with Crippen LogP contribution in [0.5, 0.6) is 0 Å². The van der Waals surface area contributed by atoms with Crippen molar-refractivity contribution in [2.75, 3.05) is 0 Å². The molecule has 2 rings (SSSR count). The smallest absolute Gasteiger partial charge is 0.341 e. The van der Waals surface area contributed by atoms with E-state index >= 15 is 0 Å². The van der Waals surface area contributed by atoms with Crippen LogP contribution in [0.2, 0.25) is 0 Å². The van der Waals surface area contributed by atoms with Crippen molar-refractivity contribution < 1.29 is 13.9 Å². The van der Waals surface area contributed by atoms with E-state index < -0.39 is 11.8 Å². The normalized spacial score (nSPS) is 10.1. The van der Waals surface area contributed by atoms with Crippen LogP contribution in [0, 0.1) is 9.39 Å². The van der Waals surface area contributed by atoms with Gasteiger partial charge in [0.2, 0.25) is 0 Å². The molecule has 0 unspecified atom stereocenters. The van der Waals surface area contributed by atoms with Crippen LogP contribution in [-0.4, -0.2) is 5.97 Å². The fraction of sp³-hybridized carbons (Fsp3) is 0.0714. The lowest BCUT2D eigenvalue weighted by Crippen LogP contribution is -2.07. The Hall–Kier alpha value is -1.43. The first-order valence-corrected chi connectivity index (χ1v) is 6.41. The van der Waals surface area contributed by atoms with Gasteiger partial charge in [-0.2, -0.15) is 0 Å². The summed E-state index contributed by atoms with van der Waals surface area (Å²) in [6.45, 7) is 0.143. The number of benzene rings is 2. The molecule has 0 aliphatic heterocycles. The molecule has 0 N–H and O–H groups in total. The number of esters is 1. The summed E-state index contributed by atoms with van der Waals surface area (Å²) in [5.41, 5.74) is 0.836. The van der Waals surface area contributed by atoms with Crippen molar-refractivity contribution in [2.45, 2.75) is 6.61 Å². The highest BCUT2D eigenvalue weighted by Crippen LogP contribution is 2.11. The van der Waals surface area contributed by atoms with Crippen molar-refractivity contribution in [1.82, 2.24) is 0 Å². The highest BCUT2D eigenvalue weighted by molar-refractivity contribution is 14.1. The molecule has 0 saturated heterocycles. The van der Waals surface area contributed by atoms with Gasteiger partial charge in [0.1, 0.15) is 12.4 Å². The van der Waals surface area contributed by atoms with Crippen LogP contribution in [0.25, 0.3) is 0 Å². The van der Waals surface area contributed by atoms with Gasteiger partial charge < -0.3 is 4.74 Å². The van der Waals surface area contributed by atoms with E-state index in [9.17, 15) is 9.18 Å². The highest BCUT2D eigenvalue weighted by Gasteiger charge is 2.11. The molecule has 4 heteroatoms. The quantitative estimate of drug-likeness (QED) is 0.618. The number of hydrogen-bond donors (Lipinski definition) is 0. The molecular weight excluding hydrogens is 346 g/mol. The van der Waals surface area contributed by atoms with Crippen LogP contribution in [0.1, 0.15) is 15.9 Å². The third-order valence-corrected chi connectivity index (χ3v) is 3.10. The second kappa shape index (κ2) is 5.95. The lowest BCUT2D eigenvalue weighted by molar-refractivity contribution is 0.0467. The summed E-state index contributed by atoms with van der Waals surface area (Å²) in [4.78, 5) is 11.6. The fourth-order valence-corrected chi connectivity index (χ4v) is 1.79. The lowest BCUT2D eigenvalue weighted by atomic mass is 10.2. The van der Waals surface area contributed by atoms with E-state index in [2.05, 4.69) is 22.6 Å². The van der Waals surface area contributed by atoms with Gasteiger partial charge in [-0.1, -0.05) is 24.3 Å². The Morgan fingerprint density at radius 2 is 1.78 bits per heavy atom. The Morgan fingerprint density at radius 3 is 2.44 bits per heavy atom. The summed E-state index contributed by atoms with van der Waals surface area (Å²) in [5.74, 6) is -1.21. The molecule has 0 amide bonds. The van der Waals surface area contributed by atoms with E-state index in [1.807, 2.05) is 24.3 Å². The molecule has 0 aliphatic carbocycles. The zero-order valence-electron chi connectivity index (χ0n) is 9.40. The molecule has 0 atom stereocenters. The topological polar surface area (TPSA) is 26.3 Å². The molecule has 0 heterocycles. The fourth-order valence-electron chi connectivity index (χ4n) is 1.43. The highest BCUT2D eigenvalue weighted by atomic mass is 127. The third kappa shape index (κ3) is 3.29.